The maximum absolute atomic E-state index is 11.8. The predicted octanol–water partition coefficient (Wildman–Crippen LogP) is 2.21. The highest BCUT2D eigenvalue weighted by atomic mass is 16.6. The Balaban J connectivity index is 1.84. The van der Waals surface area contributed by atoms with E-state index in [2.05, 4.69) is 0 Å². The number of benzene rings is 1. The summed E-state index contributed by atoms with van der Waals surface area (Å²) in [6.07, 6.45) is 0.211. The fraction of sp³-hybridized carbons (Fsp3) is 0.609. The molecule has 0 aliphatic heterocycles. The van der Waals surface area contributed by atoms with E-state index in [-0.39, 0.29) is 25.6 Å². The second kappa shape index (κ2) is 16.3. The van der Waals surface area contributed by atoms with Gasteiger partial charge in [-0.05, 0) is 20.8 Å². The molecule has 1 rings (SSSR count). The SMILES string of the molecule is CC(C)(C)OC(=O)CCOCCOCCOCCOCCOC(=O)C(=O)c1ccccc1. The van der Waals surface area contributed by atoms with Gasteiger partial charge in [0.2, 0.25) is 0 Å². The van der Waals surface area contributed by atoms with E-state index in [0.29, 0.717) is 51.8 Å². The predicted molar refractivity (Wildman–Crippen MR) is 115 cm³/mol. The molecule has 9 nitrogen and oxygen atoms in total. The van der Waals surface area contributed by atoms with Crippen molar-refractivity contribution >= 4 is 17.7 Å². The highest BCUT2D eigenvalue weighted by Gasteiger charge is 2.17. The zero-order chi connectivity index (χ0) is 23.7. The summed E-state index contributed by atoms with van der Waals surface area (Å²) in [5, 5.41) is 0. The molecule has 0 atom stereocenters. The van der Waals surface area contributed by atoms with Crippen LogP contribution in [0.1, 0.15) is 37.6 Å². The van der Waals surface area contributed by atoms with Gasteiger partial charge in [0.25, 0.3) is 5.78 Å². The van der Waals surface area contributed by atoms with Gasteiger partial charge in [-0.2, -0.15) is 0 Å². The molecule has 0 unspecified atom stereocenters. The molecule has 180 valence electrons. The van der Waals surface area contributed by atoms with E-state index in [0.717, 1.165) is 0 Å². The summed E-state index contributed by atoms with van der Waals surface area (Å²) in [7, 11) is 0. The Kier molecular flexibility index (Phi) is 14.1. The lowest BCUT2D eigenvalue weighted by atomic mass is 10.1. The summed E-state index contributed by atoms with van der Waals surface area (Å²) < 4.78 is 31.4. The van der Waals surface area contributed by atoms with Gasteiger partial charge >= 0.3 is 11.9 Å². The van der Waals surface area contributed by atoms with E-state index in [1.807, 2.05) is 20.8 Å². The van der Waals surface area contributed by atoms with Crippen LogP contribution < -0.4 is 0 Å². The number of hydrogen-bond donors (Lipinski definition) is 0. The molecule has 0 aliphatic rings. The number of Topliss-reactive ketones (excluding diaryl/α,β-unsaturated/α-hetero) is 1. The minimum Gasteiger partial charge on any atom is -0.460 e. The van der Waals surface area contributed by atoms with E-state index in [4.69, 9.17) is 28.4 Å². The molecule has 0 heterocycles. The van der Waals surface area contributed by atoms with Gasteiger partial charge in [0.1, 0.15) is 12.2 Å². The number of ether oxygens (including phenoxy) is 6. The smallest absolute Gasteiger partial charge is 0.379 e. The molecule has 0 saturated carbocycles. The molecule has 0 aliphatic carbocycles. The van der Waals surface area contributed by atoms with Gasteiger partial charge in [0.05, 0.1) is 59.3 Å². The summed E-state index contributed by atoms with van der Waals surface area (Å²) in [6.45, 7) is 8.23. The maximum Gasteiger partial charge on any atom is 0.379 e. The first kappa shape index (κ1) is 27.7. The van der Waals surface area contributed by atoms with Crippen molar-refractivity contribution in [3.05, 3.63) is 35.9 Å². The second-order valence-corrected chi connectivity index (χ2v) is 7.62. The lowest BCUT2D eigenvalue weighted by molar-refractivity contribution is -0.156. The van der Waals surface area contributed by atoms with Crippen LogP contribution in [0.25, 0.3) is 0 Å². The van der Waals surface area contributed by atoms with Crippen molar-refractivity contribution in [3.8, 4) is 0 Å². The number of carbonyl (C=O) groups excluding carboxylic acids is 3. The van der Waals surface area contributed by atoms with Crippen molar-refractivity contribution in [2.24, 2.45) is 0 Å². The van der Waals surface area contributed by atoms with Crippen LogP contribution in [0.2, 0.25) is 0 Å². The van der Waals surface area contributed by atoms with Gasteiger partial charge in [-0.15, -0.1) is 0 Å². The van der Waals surface area contributed by atoms with Crippen molar-refractivity contribution < 1.29 is 42.8 Å². The Morgan fingerprint density at radius 3 is 1.66 bits per heavy atom. The van der Waals surface area contributed by atoms with Crippen LogP contribution in [0.3, 0.4) is 0 Å². The second-order valence-electron chi connectivity index (χ2n) is 7.62. The molecule has 0 amide bonds. The van der Waals surface area contributed by atoms with Crippen LogP contribution in [0.5, 0.6) is 0 Å². The number of ketones is 1. The highest BCUT2D eigenvalue weighted by molar-refractivity contribution is 6.40. The van der Waals surface area contributed by atoms with Crippen molar-refractivity contribution in [1.82, 2.24) is 0 Å². The molecule has 1 aromatic carbocycles. The van der Waals surface area contributed by atoms with Crippen molar-refractivity contribution in [1.29, 1.82) is 0 Å². The largest absolute Gasteiger partial charge is 0.460 e. The number of rotatable bonds is 17. The third-order valence-electron chi connectivity index (χ3n) is 3.67. The van der Waals surface area contributed by atoms with E-state index < -0.39 is 17.4 Å². The molecular weight excluding hydrogens is 420 g/mol. The molecule has 0 N–H and O–H groups in total. The molecule has 0 aromatic heterocycles. The fourth-order valence-electron chi connectivity index (χ4n) is 2.28. The first-order chi connectivity index (χ1) is 15.3. The molecule has 0 saturated heterocycles. The molecular formula is C23H34O9. The van der Waals surface area contributed by atoms with Crippen LogP contribution in [0, 0.1) is 0 Å². The highest BCUT2D eigenvalue weighted by Crippen LogP contribution is 2.08. The summed E-state index contributed by atoms with van der Waals surface area (Å²) in [5.74, 6) is -1.86. The monoisotopic (exact) mass is 454 g/mol. The standard InChI is InChI=1S/C23H34O9/c1-23(2,3)32-20(24)9-10-27-11-12-28-13-14-29-15-16-30-17-18-31-22(26)21(25)19-7-5-4-6-8-19/h4-8H,9-18H2,1-3H3. The molecule has 0 radical (unpaired) electrons. The van der Waals surface area contributed by atoms with Crippen LogP contribution >= 0.6 is 0 Å². The van der Waals surface area contributed by atoms with E-state index >= 15 is 0 Å². The number of hydrogen-bond acceptors (Lipinski definition) is 9. The van der Waals surface area contributed by atoms with Crippen molar-refractivity contribution in [2.45, 2.75) is 32.8 Å². The number of esters is 2. The van der Waals surface area contributed by atoms with E-state index in [1.54, 1.807) is 30.3 Å². The third-order valence-corrected chi connectivity index (χ3v) is 3.67. The van der Waals surface area contributed by atoms with Crippen LogP contribution in [0.15, 0.2) is 30.3 Å². The van der Waals surface area contributed by atoms with Crippen molar-refractivity contribution in [3.63, 3.8) is 0 Å². The average molecular weight is 455 g/mol. The Morgan fingerprint density at radius 1 is 0.688 bits per heavy atom. The molecule has 0 spiro atoms. The molecule has 0 bridgehead atoms. The first-order valence-electron chi connectivity index (χ1n) is 10.6. The average Bonchev–Trinajstić information content (AvgIpc) is 2.75. The Bertz CT molecular complexity index is 668. The van der Waals surface area contributed by atoms with Crippen LogP contribution in [0.4, 0.5) is 0 Å². The fourth-order valence-corrected chi connectivity index (χ4v) is 2.28. The van der Waals surface area contributed by atoms with Crippen molar-refractivity contribution in [2.75, 3.05) is 59.5 Å². The minimum absolute atomic E-state index is 0.00551. The summed E-state index contributed by atoms with van der Waals surface area (Å²) in [6, 6.07) is 8.23. The van der Waals surface area contributed by atoms with Gasteiger partial charge in [-0.3, -0.25) is 9.59 Å². The van der Waals surface area contributed by atoms with Gasteiger partial charge in [0.15, 0.2) is 0 Å². The molecule has 1 aromatic rings. The van der Waals surface area contributed by atoms with E-state index in [1.165, 1.54) is 0 Å². The summed E-state index contributed by atoms with van der Waals surface area (Å²) in [4.78, 5) is 34.9. The molecule has 9 heteroatoms. The van der Waals surface area contributed by atoms with Gasteiger partial charge in [-0.1, -0.05) is 30.3 Å². The Morgan fingerprint density at radius 2 is 1.16 bits per heavy atom. The topological polar surface area (TPSA) is 107 Å². The Hall–Kier alpha value is -2.33. The molecule has 0 fully saturated rings. The van der Waals surface area contributed by atoms with Gasteiger partial charge < -0.3 is 28.4 Å². The quantitative estimate of drug-likeness (QED) is 0.152. The zero-order valence-electron chi connectivity index (χ0n) is 19.1. The number of carbonyl (C=O) groups is 3. The van der Waals surface area contributed by atoms with Crippen LogP contribution in [-0.4, -0.2) is 82.8 Å². The zero-order valence-corrected chi connectivity index (χ0v) is 19.1. The lowest BCUT2D eigenvalue weighted by Gasteiger charge is -2.19. The van der Waals surface area contributed by atoms with Gasteiger partial charge in [0, 0.05) is 5.56 Å². The summed E-state index contributed by atoms with van der Waals surface area (Å²) >= 11 is 0. The van der Waals surface area contributed by atoms with E-state index in [9.17, 15) is 14.4 Å². The normalized spacial score (nSPS) is 11.2. The molecule has 32 heavy (non-hydrogen) atoms. The third kappa shape index (κ3) is 14.6. The maximum atomic E-state index is 11.8. The Labute approximate surface area is 189 Å². The lowest BCUT2D eigenvalue weighted by Crippen LogP contribution is -2.24. The van der Waals surface area contributed by atoms with Crippen LogP contribution in [-0.2, 0) is 38.0 Å². The van der Waals surface area contributed by atoms with Gasteiger partial charge in [-0.25, -0.2) is 4.79 Å². The minimum atomic E-state index is -0.901. The first-order valence-corrected chi connectivity index (χ1v) is 10.6. The summed E-state index contributed by atoms with van der Waals surface area (Å²) in [5.41, 5.74) is -0.192.